The van der Waals surface area contributed by atoms with Crippen LogP contribution in [0.2, 0.25) is 5.02 Å². The van der Waals surface area contributed by atoms with Gasteiger partial charge >= 0.3 is 24.7 Å². The van der Waals surface area contributed by atoms with Gasteiger partial charge in [0.15, 0.2) is 0 Å². The van der Waals surface area contributed by atoms with Crippen molar-refractivity contribution in [1.82, 2.24) is 4.98 Å². The molecule has 0 bridgehead atoms. The van der Waals surface area contributed by atoms with Crippen LogP contribution in [-0.2, 0) is 24.7 Å². The van der Waals surface area contributed by atoms with Gasteiger partial charge in [-0.25, -0.2) is 0 Å². The van der Waals surface area contributed by atoms with E-state index in [0.29, 0.717) is 24.3 Å². The van der Waals surface area contributed by atoms with Gasteiger partial charge in [-0.15, -0.1) is 0 Å². The standard InChI is InChI=1S/C33H18ClF12NO/c1-15-28(17-5-3-16(4-6-17)18-7-20(30(35,36)37)11-21(8-18)31(38,39)40)29(24-13-25(34)27(48-2)14-26(24)47-15)19-9-22(32(41,42)43)12-23(10-19)33(44,45)46/h3-14H,1-2H3. The van der Waals surface area contributed by atoms with Crippen molar-refractivity contribution in [1.29, 1.82) is 0 Å². The van der Waals surface area contributed by atoms with Gasteiger partial charge in [0, 0.05) is 28.3 Å². The molecule has 0 aliphatic heterocycles. The van der Waals surface area contributed by atoms with E-state index in [-0.39, 0.29) is 61.8 Å². The Bertz CT molecular complexity index is 1960. The lowest BCUT2D eigenvalue weighted by Crippen LogP contribution is -2.11. The minimum Gasteiger partial charge on any atom is -0.495 e. The number of halogens is 13. The average molecular weight is 708 g/mol. The second-order valence-corrected chi connectivity index (χ2v) is 11.0. The summed E-state index contributed by atoms with van der Waals surface area (Å²) in [4.78, 5) is 4.45. The maximum atomic E-state index is 13.9. The molecular formula is C33H18ClF12NO. The van der Waals surface area contributed by atoms with E-state index < -0.39 is 58.1 Å². The number of benzene rings is 4. The predicted molar refractivity (Wildman–Crippen MR) is 154 cm³/mol. The van der Waals surface area contributed by atoms with Crippen molar-refractivity contribution in [3.63, 3.8) is 0 Å². The molecule has 5 rings (SSSR count). The summed E-state index contributed by atoms with van der Waals surface area (Å²) in [6, 6.07) is 9.49. The van der Waals surface area contributed by atoms with E-state index in [9.17, 15) is 52.7 Å². The number of rotatable bonds is 4. The molecule has 0 atom stereocenters. The molecule has 48 heavy (non-hydrogen) atoms. The van der Waals surface area contributed by atoms with Crippen molar-refractivity contribution in [2.45, 2.75) is 31.6 Å². The Balaban J connectivity index is 1.80. The van der Waals surface area contributed by atoms with Crippen LogP contribution in [0.15, 0.2) is 72.8 Å². The molecule has 5 aromatic rings. The Hall–Kier alpha value is -4.46. The first-order valence-electron chi connectivity index (χ1n) is 13.5. The maximum Gasteiger partial charge on any atom is 0.416 e. The van der Waals surface area contributed by atoms with Crippen LogP contribution in [0.4, 0.5) is 52.7 Å². The predicted octanol–water partition coefficient (Wildman–Crippen LogP) is 12.3. The van der Waals surface area contributed by atoms with Crippen LogP contribution in [0.25, 0.3) is 44.3 Å². The van der Waals surface area contributed by atoms with Crippen LogP contribution < -0.4 is 4.74 Å². The van der Waals surface area contributed by atoms with Crippen molar-refractivity contribution < 1.29 is 57.4 Å². The highest BCUT2D eigenvalue weighted by Crippen LogP contribution is 2.46. The van der Waals surface area contributed by atoms with E-state index in [4.69, 9.17) is 16.3 Å². The molecule has 0 unspecified atom stereocenters. The van der Waals surface area contributed by atoms with Crippen LogP contribution in [0.1, 0.15) is 27.9 Å². The zero-order chi connectivity index (χ0) is 35.6. The van der Waals surface area contributed by atoms with Crippen molar-refractivity contribution in [2.75, 3.05) is 7.11 Å². The third-order valence-electron chi connectivity index (χ3n) is 7.41. The minimum absolute atomic E-state index is 0.0291. The number of hydrogen-bond donors (Lipinski definition) is 0. The third-order valence-corrected chi connectivity index (χ3v) is 7.71. The SMILES string of the molecule is COc1cc2nc(C)c(-c3ccc(-c4cc(C(F)(F)F)cc(C(F)(F)F)c4)cc3)c(-c3cc(C(F)(F)F)cc(C(F)(F)F)c3)c2cc1Cl. The molecule has 252 valence electrons. The van der Waals surface area contributed by atoms with Crippen molar-refractivity contribution in [3.05, 3.63) is 106 Å². The molecule has 0 saturated heterocycles. The van der Waals surface area contributed by atoms with Gasteiger partial charge in [-0.3, -0.25) is 4.98 Å². The van der Waals surface area contributed by atoms with Crippen LogP contribution in [0.5, 0.6) is 5.75 Å². The molecule has 0 aliphatic rings. The van der Waals surface area contributed by atoms with Gasteiger partial charge in [-0.05, 0) is 71.6 Å². The summed E-state index contributed by atoms with van der Waals surface area (Å²) in [5, 5.41) is -0.0168. The van der Waals surface area contributed by atoms with Gasteiger partial charge in [0.1, 0.15) is 5.75 Å². The number of ether oxygens (including phenoxy) is 1. The molecule has 2 nitrogen and oxygen atoms in total. The highest BCUT2D eigenvalue weighted by atomic mass is 35.5. The van der Waals surface area contributed by atoms with Gasteiger partial charge in [0.05, 0.1) is 39.9 Å². The molecule has 1 aromatic heterocycles. The lowest BCUT2D eigenvalue weighted by Gasteiger charge is -2.20. The molecule has 0 saturated carbocycles. The van der Waals surface area contributed by atoms with E-state index in [1.54, 1.807) is 0 Å². The number of pyridine rings is 1. The lowest BCUT2D eigenvalue weighted by atomic mass is 9.88. The first-order valence-corrected chi connectivity index (χ1v) is 13.8. The zero-order valence-electron chi connectivity index (χ0n) is 24.2. The Kier molecular flexibility index (Phi) is 8.64. The summed E-state index contributed by atoms with van der Waals surface area (Å²) >= 11 is 6.31. The normalized spacial score (nSPS) is 12.9. The van der Waals surface area contributed by atoms with Crippen molar-refractivity contribution in [3.8, 4) is 39.1 Å². The quantitative estimate of drug-likeness (QED) is 0.174. The summed E-state index contributed by atoms with van der Waals surface area (Å²) in [6.45, 7) is 1.42. The summed E-state index contributed by atoms with van der Waals surface area (Å²) in [5.74, 6) is 0.110. The Labute approximate surface area is 268 Å². The van der Waals surface area contributed by atoms with Crippen LogP contribution in [0.3, 0.4) is 0 Å². The fourth-order valence-electron chi connectivity index (χ4n) is 5.25. The molecule has 4 aromatic carbocycles. The maximum absolute atomic E-state index is 13.9. The van der Waals surface area contributed by atoms with Gasteiger partial charge in [0.25, 0.3) is 0 Å². The van der Waals surface area contributed by atoms with Crippen LogP contribution in [0, 0.1) is 6.92 Å². The molecule has 0 spiro atoms. The minimum atomic E-state index is -5.18. The fraction of sp³-hybridized carbons (Fsp3) is 0.182. The summed E-state index contributed by atoms with van der Waals surface area (Å²) in [6.07, 6.45) is -20.6. The Morgan fingerprint density at radius 1 is 0.521 bits per heavy atom. The molecular weight excluding hydrogens is 690 g/mol. The molecule has 0 amide bonds. The second-order valence-electron chi connectivity index (χ2n) is 10.6. The zero-order valence-corrected chi connectivity index (χ0v) is 25.0. The molecule has 0 fully saturated rings. The topological polar surface area (TPSA) is 22.1 Å². The summed E-state index contributed by atoms with van der Waals surface area (Å²) < 4.78 is 169. The molecule has 0 N–H and O–H groups in total. The number of aryl methyl sites for hydroxylation is 1. The van der Waals surface area contributed by atoms with Crippen LogP contribution in [-0.4, -0.2) is 12.1 Å². The molecule has 1 heterocycles. The number of nitrogens with zero attached hydrogens (tertiary/aromatic N) is 1. The number of fused-ring (bicyclic) bond motifs is 1. The number of methoxy groups -OCH3 is 1. The first-order chi connectivity index (χ1) is 22.1. The molecule has 0 radical (unpaired) electrons. The highest BCUT2D eigenvalue weighted by molar-refractivity contribution is 6.33. The van der Waals surface area contributed by atoms with Gasteiger partial charge in [-0.1, -0.05) is 35.9 Å². The molecule has 0 aliphatic carbocycles. The van der Waals surface area contributed by atoms with Gasteiger partial charge < -0.3 is 4.74 Å². The number of alkyl halides is 12. The van der Waals surface area contributed by atoms with E-state index >= 15 is 0 Å². The van der Waals surface area contributed by atoms with E-state index in [1.807, 2.05) is 0 Å². The second kappa shape index (κ2) is 11.9. The summed E-state index contributed by atoms with van der Waals surface area (Å²) in [5.41, 5.74) is -7.12. The Morgan fingerprint density at radius 3 is 1.35 bits per heavy atom. The first kappa shape index (κ1) is 34.9. The highest BCUT2D eigenvalue weighted by Gasteiger charge is 2.39. The Morgan fingerprint density at radius 2 is 0.938 bits per heavy atom. The summed E-state index contributed by atoms with van der Waals surface area (Å²) in [7, 11) is 1.28. The third kappa shape index (κ3) is 6.89. The largest absolute Gasteiger partial charge is 0.495 e. The van der Waals surface area contributed by atoms with Crippen molar-refractivity contribution in [2.24, 2.45) is 0 Å². The monoisotopic (exact) mass is 707 g/mol. The van der Waals surface area contributed by atoms with Crippen LogP contribution >= 0.6 is 11.6 Å². The fourth-order valence-corrected chi connectivity index (χ4v) is 5.49. The van der Waals surface area contributed by atoms with Gasteiger partial charge in [-0.2, -0.15) is 52.7 Å². The molecule has 15 heteroatoms. The number of hydrogen-bond acceptors (Lipinski definition) is 2. The number of aromatic nitrogens is 1. The van der Waals surface area contributed by atoms with E-state index in [0.717, 1.165) is 0 Å². The smallest absolute Gasteiger partial charge is 0.416 e. The van der Waals surface area contributed by atoms with E-state index in [1.165, 1.54) is 50.4 Å². The lowest BCUT2D eigenvalue weighted by molar-refractivity contribution is -0.144. The average Bonchev–Trinajstić information content (AvgIpc) is 2.98. The van der Waals surface area contributed by atoms with E-state index in [2.05, 4.69) is 4.98 Å². The van der Waals surface area contributed by atoms with Gasteiger partial charge in [0.2, 0.25) is 0 Å². The van der Waals surface area contributed by atoms with Crippen molar-refractivity contribution >= 4 is 22.5 Å².